The summed E-state index contributed by atoms with van der Waals surface area (Å²) in [5.74, 6) is 1.54. The van der Waals surface area contributed by atoms with Gasteiger partial charge in [-0.05, 0) is 42.4 Å². The van der Waals surface area contributed by atoms with E-state index in [1.54, 1.807) is 32.5 Å². The van der Waals surface area contributed by atoms with Crippen LogP contribution in [-0.4, -0.2) is 21.3 Å². The molecule has 2 aliphatic rings. The molecule has 1 aromatic rings. The molecule has 0 saturated heterocycles. The van der Waals surface area contributed by atoms with Crippen molar-refractivity contribution in [3.05, 3.63) is 46.9 Å². The molecule has 0 spiro atoms. The van der Waals surface area contributed by atoms with Crippen LogP contribution >= 0.6 is 0 Å². The Hall–Kier alpha value is -0.446. The van der Waals surface area contributed by atoms with Crippen molar-refractivity contribution in [1.82, 2.24) is 0 Å². The molecule has 1 aromatic carbocycles. The minimum atomic E-state index is -1.90. The monoisotopic (exact) mass is 324 g/mol. The Morgan fingerprint density at radius 1 is 0.810 bits per heavy atom. The number of benzene rings is 1. The molecule has 0 saturated carbocycles. The summed E-state index contributed by atoms with van der Waals surface area (Å²) in [5, 5.41) is 0. The maximum atomic E-state index is 4.77. The van der Waals surface area contributed by atoms with Gasteiger partial charge in [-0.3, -0.25) is 0 Å². The third-order valence-electron chi connectivity index (χ3n) is 4.08. The van der Waals surface area contributed by atoms with Gasteiger partial charge < -0.3 is 0 Å². The molecule has 0 aromatic heterocycles. The van der Waals surface area contributed by atoms with Gasteiger partial charge in [-0.2, -0.15) is 0 Å². The summed E-state index contributed by atoms with van der Waals surface area (Å²) < 4.78 is 14.3. The van der Waals surface area contributed by atoms with Crippen LogP contribution < -0.4 is 0 Å². The van der Waals surface area contributed by atoms with Gasteiger partial charge in [0.15, 0.2) is 0 Å². The van der Waals surface area contributed by atoms with Crippen LogP contribution in [0.3, 0.4) is 0 Å². The van der Waals surface area contributed by atoms with Crippen LogP contribution in [0.4, 0.5) is 0 Å². The fourth-order valence-electron chi connectivity index (χ4n) is 3.10. The van der Waals surface area contributed by atoms with Gasteiger partial charge in [-0.1, -0.05) is 36.8 Å². The molecule has 0 bridgehead atoms. The third-order valence-corrected chi connectivity index (χ3v) is 5.64. The van der Waals surface area contributed by atoms with E-state index in [0.717, 1.165) is 0 Å². The summed E-state index contributed by atoms with van der Waals surface area (Å²) in [6, 6.07) is 8.87. The van der Waals surface area contributed by atoms with E-state index in [9.17, 15) is 0 Å². The van der Waals surface area contributed by atoms with E-state index in [0.29, 0.717) is 0 Å². The van der Waals surface area contributed by atoms with Crippen LogP contribution in [0.5, 0.6) is 0 Å². The Bertz CT molecular complexity index is 489. The van der Waals surface area contributed by atoms with Gasteiger partial charge in [0.1, 0.15) is 0 Å². The zero-order chi connectivity index (χ0) is 15.2. The summed E-state index contributed by atoms with van der Waals surface area (Å²) in [6.45, 7) is 2.28. The van der Waals surface area contributed by atoms with E-state index in [2.05, 4.69) is 31.2 Å². The van der Waals surface area contributed by atoms with Crippen molar-refractivity contribution in [3.63, 3.8) is 0 Å². The normalized spacial score (nSPS) is 17.0. The van der Waals surface area contributed by atoms with Gasteiger partial charge in [0.05, 0.1) is 0 Å². The first-order chi connectivity index (χ1) is 10.2. The number of rotatable bonds is 3. The molecule has 0 heterocycles. The van der Waals surface area contributed by atoms with E-state index in [1.165, 1.54) is 42.7 Å². The standard InChI is InChI=1S/C14H15.3CH3O.Ti/c1-10-11-6-2-4-8-13(11)14-9-5-3-7-12(10)14;3*1-2;/h2,4,6,8H,3,5,7,9H2,1H3;3*1H3;/q;3*-1;+3. The Morgan fingerprint density at radius 2 is 1.33 bits per heavy atom. The van der Waals surface area contributed by atoms with Gasteiger partial charge in [-0.15, -0.1) is 0 Å². The molecule has 0 unspecified atom stereocenters. The Balaban J connectivity index is 0.000000199. The van der Waals surface area contributed by atoms with E-state index in [-0.39, 0.29) is 0 Å². The molecule has 21 heavy (non-hydrogen) atoms. The first-order valence-corrected chi connectivity index (χ1v) is 9.28. The van der Waals surface area contributed by atoms with Crippen LogP contribution in [-0.2, 0) is 29.0 Å². The zero-order valence-corrected chi connectivity index (χ0v) is 14.9. The molecule has 0 aliphatic heterocycles. The third kappa shape index (κ3) is 3.85. The summed E-state index contributed by atoms with van der Waals surface area (Å²) >= 11 is -1.90. The number of allylic oxidation sites excluding steroid dienone is 2. The first-order valence-electron chi connectivity index (χ1n) is 7.37. The van der Waals surface area contributed by atoms with Gasteiger partial charge in [0, 0.05) is 5.92 Å². The molecule has 2 aliphatic carbocycles. The number of hydrogen-bond acceptors (Lipinski definition) is 3. The molecule has 0 N–H and O–H groups in total. The van der Waals surface area contributed by atoms with Crippen LogP contribution in [0.1, 0.15) is 43.7 Å². The van der Waals surface area contributed by atoms with Gasteiger partial charge >= 0.3 is 50.3 Å². The topological polar surface area (TPSA) is 27.7 Å². The first kappa shape index (κ1) is 16.9. The zero-order valence-electron chi connectivity index (χ0n) is 13.4. The van der Waals surface area contributed by atoms with Crippen LogP contribution in [0.15, 0.2) is 29.8 Å². The molecule has 114 valence electrons. The van der Waals surface area contributed by atoms with Crippen LogP contribution in [0.2, 0.25) is 0 Å². The quantitative estimate of drug-likeness (QED) is 0.778. The maximum absolute atomic E-state index is 4.77. The van der Waals surface area contributed by atoms with Crippen molar-refractivity contribution in [1.29, 1.82) is 0 Å². The molecular weight excluding hydrogens is 300 g/mol. The average Bonchev–Trinajstić information content (AvgIpc) is 2.84. The Labute approximate surface area is 135 Å². The SMILES string of the molecule is C[C]1C2=C(CCCC2)c2ccccc21.C[O][Ti]([O]C)[O]C. The van der Waals surface area contributed by atoms with Crippen molar-refractivity contribution in [2.24, 2.45) is 0 Å². The van der Waals surface area contributed by atoms with Crippen molar-refractivity contribution in [2.45, 2.75) is 32.6 Å². The van der Waals surface area contributed by atoms with Crippen molar-refractivity contribution < 1.29 is 29.0 Å². The van der Waals surface area contributed by atoms with E-state index in [4.69, 9.17) is 9.96 Å². The minimum absolute atomic E-state index is 1.30. The summed E-state index contributed by atoms with van der Waals surface area (Å²) in [5.41, 5.74) is 6.29. The van der Waals surface area contributed by atoms with Crippen LogP contribution in [0, 0.1) is 5.92 Å². The molecule has 3 rings (SSSR count). The molecule has 0 atom stereocenters. The summed E-state index contributed by atoms with van der Waals surface area (Å²) in [4.78, 5) is 0. The Kier molecular flexibility index (Phi) is 6.65. The molecular formula is C17H24O3Ti. The van der Waals surface area contributed by atoms with Gasteiger partial charge in [-0.25, -0.2) is 0 Å². The van der Waals surface area contributed by atoms with E-state index < -0.39 is 19.0 Å². The molecule has 0 amide bonds. The Morgan fingerprint density at radius 3 is 1.86 bits per heavy atom. The van der Waals surface area contributed by atoms with Gasteiger partial charge in [0.2, 0.25) is 0 Å². The summed E-state index contributed by atoms with van der Waals surface area (Å²) in [6.07, 6.45) is 5.35. The summed E-state index contributed by atoms with van der Waals surface area (Å²) in [7, 11) is 4.76. The predicted octanol–water partition coefficient (Wildman–Crippen LogP) is 4.26. The molecule has 4 heteroatoms. The molecule has 3 nitrogen and oxygen atoms in total. The van der Waals surface area contributed by atoms with E-state index in [1.807, 2.05) is 0 Å². The molecule has 0 fully saturated rings. The predicted molar refractivity (Wildman–Crippen MR) is 80.9 cm³/mol. The van der Waals surface area contributed by atoms with E-state index >= 15 is 0 Å². The fourth-order valence-corrected chi connectivity index (χ4v) is 3.88. The number of hydrogen-bond donors (Lipinski definition) is 0. The van der Waals surface area contributed by atoms with Gasteiger partial charge in [0.25, 0.3) is 0 Å². The second kappa shape index (κ2) is 8.26. The van der Waals surface area contributed by atoms with Crippen molar-refractivity contribution in [2.75, 3.05) is 21.3 Å². The number of fused-ring (bicyclic) bond motifs is 2. The average molecular weight is 324 g/mol. The van der Waals surface area contributed by atoms with Crippen molar-refractivity contribution in [3.8, 4) is 0 Å². The second-order valence-electron chi connectivity index (χ2n) is 5.20. The second-order valence-corrected chi connectivity index (χ2v) is 7.89. The van der Waals surface area contributed by atoms with Crippen molar-refractivity contribution >= 4 is 5.57 Å². The van der Waals surface area contributed by atoms with Crippen LogP contribution in [0.25, 0.3) is 5.57 Å². The fraction of sp³-hybridized carbons (Fsp3) is 0.471. The molecule has 1 radical (unpaired) electrons.